The van der Waals surface area contributed by atoms with Gasteiger partial charge in [0.15, 0.2) is 0 Å². The maximum atomic E-state index is 5.92. The lowest BCUT2D eigenvalue weighted by Crippen LogP contribution is -2.23. The summed E-state index contributed by atoms with van der Waals surface area (Å²) in [7, 11) is 0. The van der Waals surface area contributed by atoms with Gasteiger partial charge < -0.3 is 4.42 Å². The number of rotatable bonds is 2. The van der Waals surface area contributed by atoms with E-state index in [4.69, 9.17) is 4.42 Å². The molecule has 1 aromatic carbocycles. The quantitative estimate of drug-likeness (QED) is 0.789. The minimum atomic E-state index is 0.966. The average molecular weight is 243 g/mol. The smallest absolute Gasteiger partial charge is 0.134 e. The van der Waals surface area contributed by atoms with Crippen LogP contribution in [-0.2, 0) is 6.54 Å². The Morgan fingerprint density at radius 3 is 2.61 bits per heavy atom. The van der Waals surface area contributed by atoms with E-state index in [-0.39, 0.29) is 0 Å². The highest BCUT2D eigenvalue weighted by Crippen LogP contribution is 2.22. The molecule has 0 bridgehead atoms. The number of aryl methyl sites for hydroxylation is 1. The van der Waals surface area contributed by atoms with Crippen LogP contribution in [0.3, 0.4) is 0 Å². The Balaban J connectivity index is 1.77. The minimum absolute atomic E-state index is 0.966. The molecule has 0 atom stereocenters. The molecule has 3 rings (SSSR count). The van der Waals surface area contributed by atoms with Crippen LogP contribution in [-0.4, -0.2) is 18.0 Å². The SMILES string of the molecule is Cc1ccc2oc(CN3CCCCCC3)cc2c1. The van der Waals surface area contributed by atoms with Gasteiger partial charge in [0.05, 0.1) is 6.54 Å². The van der Waals surface area contributed by atoms with Crippen molar-refractivity contribution in [3.05, 3.63) is 35.6 Å². The van der Waals surface area contributed by atoms with Gasteiger partial charge in [-0.05, 0) is 51.1 Å². The molecule has 2 heterocycles. The van der Waals surface area contributed by atoms with Crippen LogP contribution in [0, 0.1) is 6.92 Å². The molecule has 1 aromatic heterocycles. The maximum absolute atomic E-state index is 5.92. The molecule has 18 heavy (non-hydrogen) atoms. The molecule has 0 aliphatic carbocycles. The van der Waals surface area contributed by atoms with Crippen molar-refractivity contribution in [3.8, 4) is 0 Å². The van der Waals surface area contributed by atoms with E-state index in [0.717, 1.165) is 17.9 Å². The van der Waals surface area contributed by atoms with Crippen LogP contribution < -0.4 is 0 Å². The van der Waals surface area contributed by atoms with Crippen molar-refractivity contribution in [1.29, 1.82) is 0 Å². The Morgan fingerprint density at radius 1 is 1.06 bits per heavy atom. The second-order valence-corrected chi connectivity index (χ2v) is 5.44. The molecule has 2 aromatic rings. The third-order valence-electron chi connectivity index (χ3n) is 3.80. The third kappa shape index (κ3) is 2.59. The molecule has 2 nitrogen and oxygen atoms in total. The molecule has 1 fully saturated rings. The lowest BCUT2D eigenvalue weighted by Gasteiger charge is -2.17. The molecule has 1 saturated heterocycles. The van der Waals surface area contributed by atoms with Crippen LogP contribution in [0.15, 0.2) is 28.7 Å². The van der Waals surface area contributed by atoms with Crippen molar-refractivity contribution in [1.82, 2.24) is 4.90 Å². The molecule has 0 amide bonds. The number of hydrogen-bond acceptors (Lipinski definition) is 2. The Labute approximate surface area is 109 Å². The summed E-state index contributed by atoms with van der Waals surface area (Å²) in [5.74, 6) is 1.11. The van der Waals surface area contributed by atoms with Crippen LogP contribution in [0.4, 0.5) is 0 Å². The van der Waals surface area contributed by atoms with Gasteiger partial charge in [-0.2, -0.15) is 0 Å². The summed E-state index contributed by atoms with van der Waals surface area (Å²) >= 11 is 0. The maximum Gasteiger partial charge on any atom is 0.134 e. The first-order valence-corrected chi connectivity index (χ1v) is 7.03. The Hall–Kier alpha value is -1.28. The Bertz CT molecular complexity index is 521. The van der Waals surface area contributed by atoms with E-state index < -0.39 is 0 Å². The fraction of sp³-hybridized carbons (Fsp3) is 0.500. The van der Waals surface area contributed by atoms with E-state index in [1.165, 1.54) is 49.7 Å². The zero-order chi connectivity index (χ0) is 12.4. The van der Waals surface area contributed by atoms with Crippen molar-refractivity contribution >= 4 is 11.0 Å². The zero-order valence-corrected chi connectivity index (χ0v) is 11.1. The monoisotopic (exact) mass is 243 g/mol. The van der Waals surface area contributed by atoms with Crippen LogP contribution in [0.25, 0.3) is 11.0 Å². The Morgan fingerprint density at radius 2 is 1.83 bits per heavy atom. The van der Waals surface area contributed by atoms with Gasteiger partial charge in [-0.3, -0.25) is 4.90 Å². The molecule has 0 spiro atoms. The summed E-state index contributed by atoms with van der Waals surface area (Å²) in [6.45, 7) is 5.53. The van der Waals surface area contributed by atoms with Crippen molar-refractivity contribution in [2.24, 2.45) is 0 Å². The molecule has 96 valence electrons. The summed E-state index contributed by atoms with van der Waals surface area (Å²) < 4.78 is 5.92. The van der Waals surface area contributed by atoms with Gasteiger partial charge in [0, 0.05) is 5.39 Å². The molecular formula is C16H21NO. The predicted octanol–water partition coefficient (Wildman–Crippen LogP) is 4.12. The summed E-state index contributed by atoms with van der Waals surface area (Å²) in [6.07, 6.45) is 5.43. The Kier molecular flexibility index (Phi) is 3.37. The van der Waals surface area contributed by atoms with Crippen molar-refractivity contribution < 1.29 is 4.42 Å². The summed E-state index contributed by atoms with van der Waals surface area (Å²) in [6, 6.07) is 8.59. The van der Waals surface area contributed by atoms with Crippen molar-refractivity contribution in [2.45, 2.75) is 39.2 Å². The summed E-state index contributed by atoms with van der Waals surface area (Å²) in [5.41, 5.74) is 2.31. The third-order valence-corrected chi connectivity index (χ3v) is 3.80. The lowest BCUT2D eigenvalue weighted by molar-refractivity contribution is 0.256. The molecule has 2 heteroatoms. The highest BCUT2D eigenvalue weighted by atomic mass is 16.3. The summed E-state index contributed by atoms with van der Waals surface area (Å²) in [4.78, 5) is 2.53. The average Bonchev–Trinajstić information content (AvgIpc) is 2.57. The zero-order valence-electron chi connectivity index (χ0n) is 11.1. The number of furan rings is 1. The molecule has 0 radical (unpaired) electrons. The highest BCUT2D eigenvalue weighted by Gasteiger charge is 2.12. The van der Waals surface area contributed by atoms with E-state index in [1.54, 1.807) is 0 Å². The fourth-order valence-electron chi connectivity index (χ4n) is 2.81. The van der Waals surface area contributed by atoms with Gasteiger partial charge in [-0.25, -0.2) is 0 Å². The molecule has 0 N–H and O–H groups in total. The standard InChI is InChI=1S/C16H21NO/c1-13-6-7-16-14(10-13)11-15(18-16)12-17-8-4-2-3-5-9-17/h6-7,10-11H,2-5,8-9,12H2,1H3. The van der Waals surface area contributed by atoms with E-state index in [1.807, 2.05) is 0 Å². The first-order valence-electron chi connectivity index (χ1n) is 7.03. The summed E-state index contributed by atoms with van der Waals surface area (Å²) in [5, 5.41) is 1.24. The predicted molar refractivity (Wildman–Crippen MR) is 74.7 cm³/mol. The number of benzene rings is 1. The topological polar surface area (TPSA) is 16.4 Å². The number of hydrogen-bond donors (Lipinski definition) is 0. The molecule has 1 aliphatic rings. The second-order valence-electron chi connectivity index (χ2n) is 5.44. The van der Waals surface area contributed by atoms with E-state index in [2.05, 4.69) is 36.1 Å². The van der Waals surface area contributed by atoms with Crippen LogP contribution in [0.2, 0.25) is 0 Å². The molecule has 1 aliphatic heterocycles. The highest BCUT2D eigenvalue weighted by molar-refractivity contribution is 5.78. The molecule has 0 unspecified atom stereocenters. The number of fused-ring (bicyclic) bond motifs is 1. The van der Waals surface area contributed by atoms with E-state index >= 15 is 0 Å². The van der Waals surface area contributed by atoms with Gasteiger partial charge in [0.2, 0.25) is 0 Å². The normalized spacial score (nSPS) is 18.1. The van der Waals surface area contributed by atoms with Gasteiger partial charge in [-0.15, -0.1) is 0 Å². The minimum Gasteiger partial charge on any atom is -0.460 e. The number of nitrogens with zero attached hydrogens (tertiary/aromatic N) is 1. The first kappa shape index (κ1) is 11.8. The van der Waals surface area contributed by atoms with Gasteiger partial charge in [-0.1, -0.05) is 24.5 Å². The van der Waals surface area contributed by atoms with E-state index in [0.29, 0.717) is 0 Å². The lowest BCUT2D eigenvalue weighted by atomic mass is 10.2. The van der Waals surface area contributed by atoms with Gasteiger partial charge in [0.1, 0.15) is 11.3 Å². The van der Waals surface area contributed by atoms with Gasteiger partial charge >= 0.3 is 0 Å². The van der Waals surface area contributed by atoms with Gasteiger partial charge in [0.25, 0.3) is 0 Å². The van der Waals surface area contributed by atoms with E-state index in [9.17, 15) is 0 Å². The van der Waals surface area contributed by atoms with Crippen LogP contribution in [0.5, 0.6) is 0 Å². The van der Waals surface area contributed by atoms with Crippen LogP contribution in [0.1, 0.15) is 37.0 Å². The first-order chi connectivity index (χ1) is 8.81. The fourth-order valence-corrected chi connectivity index (χ4v) is 2.81. The van der Waals surface area contributed by atoms with Crippen LogP contribution >= 0.6 is 0 Å². The van der Waals surface area contributed by atoms with Crippen molar-refractivity contribution in [2.75, 3.05) is 13.1 Å². The molecule has 0 saturated carbocycles. The number of likely N-dealkylation sites (tertiary alicyclic amines) is 1. The molecular weight excluding hydrogens is 222 g/mol. The second kappa shape index (κ2) is 5.15. The largest absolute Gasteiger partial charge is 0.460 e. The van der Waals surface area contributed by atoms with Crippen molar-refractivity contribution in [3.63, 3.8) is 0 Å².